The van der Waals surface area contributed by atoms with E-state index in [1.807, 2.05) is 13.8 Å². The number of ether oxygens (including phenoxy) is 2. The zero-order valence-corrected chi connectivity index (χ0v) is 25.0. The highest BCUT2D eigenvalue weighted by Crippen LogP contribution is 2.76. The molecule has 1 heterocycles. The van der Waals surface area contributed by atoms with E-state index in [4.69, 9.17) is 9.47 Å². The molecule has 5 nitrogen and oxygen atoms in total. The highest BCUT2D eigenvalue weighted by atomic mass is 16.5. The normalized spacial score (nSPS) is 53.2. The van der Waals surface area contributed by atoms with Gasteiger partial charge in [-0.2, -0.15) is 0 Å². The second kappa shape index (κ2) is 8.43. The topological polar surface area (TPSA) is 76.0 Å². The molecule has 0 aromatic heterocycles. The number of aliphatic hydroxyl groups is 2. The van der Waals surface area contributed by atoms with Gasteiger partial charge in [-0.05, 0) is 118 Å². The Morgan fingerprint density at radius 2 is 1.54 bits per heavy atom. The van der Waals surface area contributed by atoms with Crippen molar-refractivity contribution in [2.24, 2.45) is 45.3 Å². The average molecular weight is 519 g/mol. The van der Waals surface area contributed by atoms with Gasteiger partial charge in [0.15, 0.2) is 0 Å². The smallest absolute Gasteiger partial charge is 0.302 e. The minimum Gasteiger partial charge on any atom is -0.462 e. The summed E-state index contributed by atoms with van der Waals surface area (Å²) >= 11 is 0. The van der Waals surface area contributed by atoms with Gasteiger partial charge in [-0.25, -0.2) is 0 Å². The summed E-state index contributed by atoms with van der Waals surface area (Å²) in [5, 5.41) is 21.7. The van der Waals surface area contributed by atoms with Crippen LogP contribution in [-0.2, 0) is 14.3 Å². The van der Waals surface area contributed by atoms with Crippen molar-refractivity contribution in [2.75, 3.05) is 0 Å². The van der Waals surface area contributed by atoms with Crippen molar-refractivity contribution >= 4 is 5.97 Å². The molecule has 0 spiro atoms. The summed E-state index contributed by atoms with van der Waals surface area (Å²) < 4.78 is 13.0. The molecule has 4 aliphatic carbocycles. The number of hydrogen-bond acceptors (Lipinski definition) is 5. The number of hydrogen-bond donors (Lipinski definition) is 2. The number of aliphatic hydroxyl groups excluding tert-OH is 1. The standard InChI is InChI=1S/C32H54O5/c1-19(33)36-21-18-23-29(6)14-12-24(34)27(2,3)22(29)11-16-30(23,7)31(8)15-10-20(26(21)31)32(9)17-13-25(37-32)28(4,5)35/h20-26,34-35H,10-18H2,1-9H3/t20?,21-,22?,23?,24-,25+,26?,29+,30-,31-,32?/m1/s1. The van der Waals surface area contributed by atoms with E-state index < -0.39 is 5.60 Å². The van der Waals surface area contributed by atoms with Crippen LogP contribution < -0.4 is 0 Å². The largest absolute Gasteiger partial charge is 0.462 e. The number of fused-ring (bicyclic) bond motifs is 5. The summed E-state index contributed by atoms with van der Waals surface area (Å²) in [5.74, 6) is 1.31. The molecule has 37 heavy (non-hydrogen) atoms. The van der Waals surface area contributed by atoms with Gasteiger partial charge in [0.1, 0.15) is 6.10 Å². The van der Waals surface area contributed by atoms with E-state index in [0.717, 1.165) is 51.4 Å². The van der Waals surface area contributed by atoms with Gasteiger partial charge in [0.2, 0.25) is 0 Å². The Bertz CT molecular complexity index is 923. The Morgan fingerprint density at radius 1 is 0.892 bits per heavy atom. The van der Waals surface area contributed by atoms with Crippen molar-refractivity contribution in [1.82, 2.24) is 0 Å². The van der Waals surface area contributed by atoms with Gasteiger partial charge in [-0.15, -0.1) is 0 Å². The number of carbonyl (C=O) groups is 1. The van der Waals surface area contributed by atoms with Gasteiger partial charge in [-0.1, -0.05) is 34.6 Å². The molecule has 0 amide bonds. The Labute approximate surface area is 225 Å². The minimum absolute atomic E-state index is 0.0497. The average Bonchev–Trinajstić information content (AvgIpc) is 3.35. The van der Waals surface area contributed by atoms with Crippen LogP contribution in [0.2, 0.25) is 0 Å². The maximum Gasteiger partial charge on any atom is 0.302 e. The maximum atomic E-state index is 12.5. The lowest BCUT2D eigenvalue weighted by molar-refractivity contribution is -0.252. The molecule has 5 rings (SSSR count). The minimum atomic E-state index is -0.857. The summed E-state index contributed by atoms with van der Waals surface area (Å²) in [4.78, 5) is 12.5. The van der Waals surface area contributed by atoms with Crippen LogP contribution >= 0.6 is 0 Å². The monoisotopic (exact) mass is 518 g/mol. The Hall–Kier alpha value is -0.650. The van der Waals surface area contributed by atoms with Crippen LogP contribution in [-0.4, -0.2) is 45.7 Å². The first kappa shape index (κ1) is 27.9. The molecule has 4 saturated carbocycles. The highest BCUT2D eigenvalue weighted by molar-refractivity contribution is 5.66. The molecule has 1 saturated heterocycles. The molecular formula is C32H54O5. The summed E-state index contributed by atoms with van der Waals surface area (Å²) in [7, 11) is 0. The zero-order valence-electron chi connectivity index (χ0n) is 25.0. The Balaban J connectivity index is 1.54. The van der Waals surface area contributed by atoms with Crippen molar-refractivity contribution in [3.8, 4) is 0 Å². The number of carbonyl (C=O) groups excluding carboxylic acids is 1. The molecule has 11 atom stereocenters. The molecule has 5 aliphatic rings. The Kier molecular flexibility index (Phi) is 6.35. The summed E-state index contributed by atoms with van der Waals surface area (Å²) in [6.07, 6.45) is 8.67. The van der Waals surface area contributed by atoms with Crippen molar-refractivity contribution < 1.29 is 24.5 Å². The molecule has 1 aliphatic heterocycles. The van der Waals surface area contributed by atoms with Gasteiger partial charge in [0.25, 0.3) is 0 Å². The van der Waals surface area contributed by atoms with Crippen LogP contribution in [0.3, 0.4) is 0 Å². The first-order chi connectivity index (χ1) is 16.9. The van der Waals surface area contributed by atoms with Crippen LogP contribution in [0.15, 0.2) is 0 Å². The van der Waals surface area contributed by atoms with Crippen molar-refractivity contribution in [3.05, 3.63) is 0 Å². The molecule has 5 heteroatoms. The molecule has 5 fully saturated rings. The Morgan fingerprint density at radius 3 is 2.14 bits per heavy atom. The molecule has 0 radical (unpaired) electrons. The molecule has 5 unspecified atom stereocenters. The fourth-order valence-corrected chi connectivity index (χ4v) is 11.4. The quantitative estimate of drug-likeness (QED) is 0.430. The molecule has 0 bridgehead atoms. The van der Waals surface area contributed by atoms with E-state index in [-0.39, 0.29) is 57.5 Å². The maximum absolute atomic E-state index is 12.5. The van der Waals surface area contributed by atoms with Crippen LogP contribution in [0.5, 0.6) is 0 Å². The lowest BCUT2D eigenvalue weighted by Gasteiger charge is -2.70. The van der Waals surface area contributed by atoms with Gasteiger partial charge < -0.3 is 19.7 Å². The van der Waals surface area contributed by atoms with Crippen molar-refractivity contribution in [1.29, 1.82) is 0 Å². The fourth-order valence-electron chi connectivity index (χ4n) is 11.4. The third-order valence-corrected chi connectivity index (χ3v) is 13.5. The van der Waals surface area contributed by atoms with E-state index in [1.165, 1.54) is 6.42 Å². The van der Waals surface area contributed by atoms with Gasteiger partial charge >= 0.3 is 5.97 Å². The molecule has 2 N–H and O–H groups in total. The van der Waals surface area contributed by atoms with E-state index in [1.54, 1.807) is 6.92 Å². The lowest BCUT2D eigenvalue weighted by Crippen LogP contribution is -2.67. The predicted octanol–water partition coefficient (Wildman–Crippen LogP) is 6.28. The van der Waals surface area contributed by atoms with Crippen molar-refractivity contribution in [2.45, 2.75) is 150 Å². The molecule has 212 valence electrons. The first-order valence-electron chi connectivity index (χ1n) is 15.2. The zero-order chi connectivity index (χ0) is 27.4. The summed E-state index contributed by atoms with van der Waals surface area (Å²) in [6.45, 7) is 19.7. The second-order valence-electron chi connectivity index (χ2n) is 16.0. The van der Waals surface area contributed by atoms with E-state index in [0.29, 0.717) is 17.8 Å². The molecule has 0 aromatic carbocycles. The number of rotatable bonds is 3. The second-order valence-corrected chi connectivity index (χ2v) is 16.0. The third-order valence-electron chi connectivity index (χ3n) is 13.5. The van der Waals surface area contributed by atoms with Crippen LogP contribution in [0.25, 0.3) is 0 Å². The summed E-state index contributed by atoms with van der Waals surface area (Å²) in [5.41, 5.74) is -0.944. The van der Waals surface area contributed by atoms with E-state index in [9.17, 15) is 15.0 Å². The molecule has 0 aromatic rings. The first-order valence-corrected chi connectivity index (χ1v) is 15.2. The van der Waals surface area contributed by atoms with Crippen molar-refractivity contribution in [3.63, 3.8) is 0 Å². The molecular weight excluding hydrogens is 464 g/mol. The fraction of sp³-hybridized carbons (Fsp3) is 0.969. The SMILES string of the molecule is CC(=O)O[C@@H]1CC2[C@@]3(C)CC[C@@H](O)C(C)(C)C3CC[C@@]2(C)[C@]2(C)CCC(C3(C)CC[C@@H](C(C)(C)O)O3)C12. The predicted molar refractivity (Wildman–Crippen MR) is 145 cm³/mol. The van der Waals surface area contributed by atoms with Crippen LogP contribution in [0.4, 0.5) is 0 Å². The lowest BCUT2D eigenvalue weighted by atomic mass is 9.35. The van der Waals surface area contributed by atoms with Gasteiger partial charge in [0, 0.05) is 12.8 Å². The van der Waals surface area contributed by atoms with Gasteiger partial charge in [-0.3, -0.25) is 4.79 Å². The third kappa shape index (κ3) is 3.83. The van der Waals surface area contributed by atoms with Gasteiger partial charge in [0.05, 0.1) is 23.4 Å². The van der Waals surface area contributed by atoms with E-state index >= 15 is 0 Å². The number of esters is 1. The summed E-state index contributed by atoms with van der Waals surface area (Å²) in [6, 6.07) is 0. The van der Waals surface area contributed by atoms with E-state index in [2.05, 4.69) is 41.5 Å². The van der Waals surface area contributed by atoms with Crippen LogP contribution in [0, 0.1) is 45.3 Å². The van der Waals surface area contributed by atoms with Crippen LogP contribution in [0.1, 0.15) is 120 Å². The highest BCUT2D eigenvalue weighted by Gasteiger charge is 2.72.